The first-order valence-corrected chi connectivity index (χ1v) is 6.47. The number of hydrogen-bond donors (Lipinski definition) is 2. The summed E-state index contributed by atoms with van der Waals surface area (Å²) in [6.07, 6.45) is 0.841. The van der Waals surface area contributed by atoms with Gasteiger partial charge in [-0.2, -0.15) is 0 Å². The highest BCUT2D eigenvalue weighted by Crippen LogP contribution is 2.22. The molecule has 4 N–H and O–H groups in total. The van der Waals surface area contributed by atoms with Crippen molar-refractivity contribution in [1.82, 2.24) is 0 Å². The number of halogens is 1. The van der Waals surface area contributed by atoms with Gasteiger partial charge in [0.25, 0.3) is 0 Å². The zero-order valence-corrected chi connectivity index (χ0v) is 12.6. The number of rotatable bonds is 5. The van der Waals surface area contributed by atoms with Gasteiger partial charge in [-0.15, -0.1) is 12.4 Å². The van der Waals surface area contributed by atoms with Crippen LogP contribution in [-0.4, -0.2) is 11.9 Å². The summed E-state index contributed by atoms with van der Waals surface area (Å²) in [6, 6.07) is 14.7. The van der Waals surface area contributed by atoms with Crippen molar-refractivity contribution < 1.29 is 9.53 Å². The van der Waals surface area contributed by atoms with E-state index in [1.807, 2.05) is 31.2 Å². The van der Waals surface area contributed by atoms with E-state index in [-0.39, 0.29) is 18.4 Å². The molecule has 0 radical (unpaired) electrons. The largest absolute Gasteiger partial charge is 0.457 e. The van der Waals surface area contributed by atoms with Gasteiger partial charge in [0.1, 0.15) is 11.5 Å². The lowest BCUT2D eigenvalue weighted by Gasteiger charge is -2.08. The van der Waals surface area contributed by atoms with Crippen LogP contribution in [0, 0.1) is 0 Å². The van der Waals surface area contributed by atoms with Crippen LogP contribution in [-0.2, 0) is 6.42 Å². The zero-order valence-electron chi connectivity index (χ0n) is 11.8. The second-order valence-electron chi connectivity index (χ2n) is 4.82. The lowest BCUT2D eigenvalue weighted by atomic mass is 10.1. The van der Waals surface area contributed by atoms with Gasteiger partial charge >= 0.3 is 0 Å². The predicted molar refractivity (Wildman–Crippen MR) is 86.1 cm³/mol. The van der Waals surface area contributed by atoms with E-state index in [0.717, 1.165) is 12.2 Å². The van der Waals surface area contributed by atoms with Gasteiger partial charge in [0.15, 0.2) is 0 Å². The van der Waals surface area contributed by atoms with E-state index in [4.69, 9.17) is 16.2 Å². The van der Waals surface area contributed by atoms with Crippen LogP contribution in [0.2, 0.25) is 0 Å². The van der Waals surface area contributed by atoms with E-state index in [0.29, 0.717) is 11.3 Å². The summed E-state index contributed by atoms with van der Waals surface area (Å²) in [6.45, 7) is 1.98. The number of amides is 1. The van der Waals surface area contributed by atoms with Crippen molar-refractivity contribution in [3.63, 3.8) is 0 Å². The molecule has 0 spiro atoms. The zero-order chi connectivity index (χ0) is 14.5. The molecule has 0 aromatic heterocycles. The van der Waals surface area contributed by atoms with Crippen molar-refractivity contribution in [3.8, 4) is 11.5 Å². The molecular weight excluding hydrogens is 288 g/mol. The molecule has 0 saturated carbocycles. The molecule has 1 amide bonds. The van der Waals surface area contributed by atoms with Crippen LogP contribution in [0.25, 0.3) is 0 Å². The van der Waals surface area contributed by atoms with Gasteiger partial charge in [-0.1, -0.05) is 12.1 Å². The molecule has 0 fully saturated rings. The summed E-state index contributed by atoms with van der Waals surface area (Å²) >= 11 is 0. The van der Waals surface area contributed by atoms with Crippen LogP contribution in [0.1, 0.15) is 22.8 Å². The Morgan fingerprint density at radius 3 is 1.95 bits per heavy atom. The number of carbonyl (C=O) groups excluding carboxylic acids is 1. The first-order chi connectivity index (χ1) is 9.54. The van der Waals surface area contributed by atoms with E-state index in [9.17, 15) is 4.79 Å². The summed E-state index contributed by atoms with van der Waals surface area (Å²) in [5.74, 6) is 0.956. The Balaban J connectivity index is 0.00000220. The van der Waals surface area contributed by atoms with Crippen LogP contribution in [0.5, 0.6) is 11.5 Å². The quantitative estimate of drug-likeness (QED) is 0.891. The minimum Gasteiger partial charge on any atom is -0.457 e. The van der Waals surface area contributed by atoms with Crippen molar-refractivity contribution in [2.75, 3.05) is 0 Å². The minimum atomic E-state index is -0.447. The second-order valence-corrected chi connectivity index (χ2v) is 4.82. The summed E-state index contributed by atoms with van der Waals surface area (Å²) in [4.78, 5) is 11.0. The third-order valence-corrected chi connectivity index (χ3v) is 2.86. The van der Waals surface area contributed by atoms with Crippen LogP contribution in [0.4, 0.5) is 0 Å². The normalized spacial score (nSPS) is 11.3. The van der Waals surface area contributed by atoms with Crippen molar-refractivity contribution >= 4 is 18.3 Å². The maximum absolute atomic E-state index is 11.0. The predicted octanol–water partition coefficient (Wildman–Crippen LogP) is 2.89. The summed E-state index contributed by atoms with van der Waals surface area (Å²) in [5, 5.41) is 0. The summed E-state index contributed by atoms with van der Waals surface area (Å²) < 4.78 is 5.69. The first kappa shape index (κ1) is 17.0. The van der Waals surface area contributed by atoms with Gasteiger partial charge in [-0.25, -0.2) is 0 Å². The molecule has 112 valence electrons. The monoisotopic (exact) mass is 306 g/mol. The highest BCUT2D eigenvalue weighted by molar-refractivity contribution is 5.92. The van der Waals surface area contributed by atoms with Crippen LogP contribution in [0.15, 0.2) is 48.5 Å². The van der Waals surface area contributed by atoms with Gasteiger partial charge in [0, 0.05) is 11.6 Å². The maximum atomic E-state index is 11.0. The first-order valence-electron chi connectivity index (χ1n) is 6.47. The topological polar surface area (TPSA) is 78.3 Å². The Labute approximate surface area is 130 Å². The molecule has 21 heavy (non-hydrogen) atoms. The lowest BCUT2D eigenvalue weighted by molar-refractivity contribution is 0.100. The molecule has 2 aromatic carbocycles. The molecule has 2 rings (SSSR count). The molecule has 0 unspecified atom stereocenters. The SMILES string of the molecule is C[C@@H](N)Cc1ccc(Oc2ccc(C(N)=O)cc2)cc1.Cl. The number of primary amides is 1. The molecule has 4 nitrogen and oxygen atoms in total. The number of benzene rings is 2. The molecule has 0 saturated heterocycles. The highest BCUT2D eigenvalue weighted by Gasteiger charge is 2.02. The highest BCUT2D eigenvalue weighted by atomic mass is 35.5. The van der Waals surface area contributed by atoms with E-state index in [1.165, 1.54) is 5.56 Å². The smallest absolute Gasteiger partial charge is 0.248 e. The molecule has 2 aromatic rings. The van der Waals surface area contributed by atoms with Gasteiger partial charge in [-0.3, -0.25) is 4.79 Å². The Kier molecular flexibility index (Phi) is 6.21. The number of nitrogens with two attached hydrogens (primary N) is 2. The third-order valence-electron chi connectivity index (χ3n) is 2.86. The Morgan fingerprint density at radius 1 is 1.05 bits per heavy atom. The molecule has 0 aliphatic carbocycles. The van der Waals surface area contributed by atoms with Gasteiger partial charge in [-0.05, 0) is 55.3 Å². The number of hydrogen-bond acceptors (Lipinski definition) is 3. The molecular formula is C16H19ClN2O2. The van der Waals surface area contributed by atoms with Crippen LogP contribution >= 0.6 is 12.4 Å². The number of carbonyl (C=O) groups is 1. The van der Waals surface area contributed by atoms with Gasteiger partial charge < -0.3 is 16.2 Å². The third kappa shape index (κ3) is 5.10. The molecule has 1 atom stereocenters. The van der Waals surface area contributed by atoms with E-state index in [1.54, 1.807) is 24.3 Å². The second kappa shape index (κ2) is 7.67. The number of ether oxygens (including phenoxy) is 1. The fourth-order valence-electron chi connectivity index (χ4n) is 1.89. The maximum Gasteiger partial charge on any atom is 0.248 e. The van der Waals surface area contributed by atoms with Crippen LogP contribution < -0.4 is 16.2 Å². The van der Waals surface area contributed by atoms with Crippen molar-refractivity contribution in [2.24, 2.45) is 11.5 Å². The Bertz CT molecular complexity index is 580. The fraction of sp³-hybridized carbons (Fsp3) is 0.188. The standard InChI is InChI=1S/C16H18N2O2.ClH/c1-11(17)10-12-2-6-14(7-3-12)20-15-8-4-13(5-9-15)16(18)19;/h2-9,11H,10,17H2,1H3,(H2,18,19);1H/t11-;/m1./s1. The van der Waals surface area contributed by atoms with Gasteiger partial charge in [0.05, 0.1) is 0 Å². The average molecular weight is 307 g/mol. The Hall–Kier alpha value is -2.04. The van der Waals surface area contributed by atoms with Crippen molar-refractivity contribution in [2.45, 2.75) is 19.4 Å². The van der Waals surface area contributed by atoms with E-state index >= 15 is 0 Å². The summed E-state index contributed by atoms with van der Waals surface area (Å²) in [5.41, 5.74) is 12.6. The summed E-state index contributed by atoms with van der Waals surface area (Å²) in [7, 11) is 0. The lowest BCUT2D eigenvalue weighted by Crippen LogP contribution is -2.17. The molecule has 5 heteroatoms. The van der Waals surface area contributed by atoms with Crippen molar-refractivity contribution in [1.29, 1.82) is 0 Å². The molecule has 0 bridgehead atoms. The molecule has 0 aliphatic heterocycles. The van der Waals surface area contributed by atoms with Crippen molar-refractivity contribution in [3.05, 3.63) is 59.7 Å². The van der Waals surface area contributed by atoms with E-state index < -0.39 is 5.91 Å². The average Bonchev–Trinajstić information content (AvgIpc) is 2.41. The van der Waals surface area contributed by atoms with E-state index in [2.05, 4.69) is 0 Å². The fourth-order valence-corrected chi connectivity index (χ4v) is 1.89. The van der Waals surface area contributed by atoms with Crippen LogP contribution in [0.3, 0.4) is 0 Å². The molecule has 0 aliphatic rings. The minimum absolute atomic E-state index is 0. The van der Waals surface area contributed by atoms with Gasteiger partial charge in [0.2, 0.25) is 5.91 Å². The molecule has 0 heterocycles. The Morgan fingerprint density at radius 2 is 1.52 bits per heavy atom.